The third-order valence-electron chi connectivity index (χ3n) is 5.91. The van der Waals surface area contributed by atoms with Crippen LogP contribution in [0.4, 0.5) is 0 Å². The minimum Gasteiger partial charge on any atom is -0.360 e. The third kappa shape index (κ3) is 4.30. The molecule has 0 aromatic carbocycles. The highest BCUT2D eigenvalue weighted by Crippen LogP contribution is 2.36. The fourth-order valence-electron chi connectivity index (χ4n) is 4.43. The molecule has 1 aromatic rings. The van der Waals surface area contributed by atoms with Crippen molar-refractivity contribution in [2.75, 3.05) is 13.1 Å². The number of carbonyl (C=O) groups is 1. The van der Waals surface area contributed by atoms with Crippen LogP contribution in [-0.2, 0) is 6.42 Å². The summed E-state index contributed by atoms with van der Waals surface area (Å²) in [5, 5.41) is 7.31. The third-order valence-corrected chi connectivity index (χ3v) is 5.91. The average Bonchev–Trinajstić information content (AvgIpc) is 2.97. The van der Waals surface area contributed by atoms with E-state index in [9.17, 15) is 4.79 Å². The molecule has 1 amide bonds. The fourth-order valence-corrected chi connectivity index (χ4v) is 4.43. The highest BCUT2D eigenvalue weighted by molar-refractivity contribution is 5.94. The maximum absolute atomic E-state index is 13.0. The molecule has 0 saturated carbocycles. The number of aromatic nitrogens is 1. The van der Waals surface area contributed by atoms with E-state index in [1.165, 1.54) is 0 Å². The highest BCUT2D eigenvalue weighted by atomic mass is 16.5. The lowest BCUT2D eigenvalue weighted by Gasteiger charge is -2.53. The Labute approximate surface area is 159 Å². The molecule has 1 N–H and O–H groups in total. The highest BCUT2D eigenvalue weighted by Gasteiger charge is 2.47. The summed E-state index contributed by atoms with van der Waals surface area (Å²) >= 11 is 0. The van der Waals surface area contributed by atoms with E-state index in [0.29, 0.717) is 5.69 Å². The summed E-state index contributed by atoms with van der Waals surface area (Å²) < 4.78 is 5.32. The maximum atomic E-state index is 13.0. The van der Waals surface area contributed by atoms with Gasteiger partial charge in [-0.3, -0.25) is 9.69 Å². The molecule has 0 spiro atoms. The lowest BCUT2D eigenvalue weighted by molar-refractivity contribution is 0.00270. The van der Waals surface area contributed by atoms with E-state index >= 15 is 0 Å². The molecule has 0 fully saturated rings. The molecular weight excluding hydrogens is 326 g/mol. The molecule has 1 aromatic heterocycles. The second kappa shape index (κ2) is 9.54. The van der Waals surface area contributed by atoms with Crippen LogP contribution < -0.4 is 5.32 Å². The number of amides is 1. The molecule has 150 valence electrons. The minimum atomic E-state index is -0.393. The van der Waals surface area contributed by atoms with Gasteiger partial charge in [-0.1, -0.05) is 39.8 Å². The monoisotopic (exact) mass is 365 g/mol. The molecule has 0 radical (unpaired) electrons. The molecule has 1 heterocycles. The van der Waals surface area contributed by atoms with E-state index in [4.69, 9.17) is 4.52 Å². The Balaban J connectivity index is 3.19. The summed E-state index contributed by atoms with van der Waals surface area (Å²) in [6.07, 6.45) is 4.91. The topological polar surface area (TPSA) is 58.4 Å². The quantitative estimate of drug-likeness (QED) is 0.615. The predicted octanol–water partition coefficient (Wildman–Crippen LogP) is 4.73. The Morgan fingerprint density at radius 1 is 1.08 bits per heavy atom. The molecule has 0 aliphatic rings. The summed E-state index contributed by atoms with van der Waals surface area (Å²) in [7, 11) is 0. The number of aryl methyl sites for hydroxylation is 1. The van der Waals surface area contributed by atoms with Gasteiger partial charge in [0.25, 0.3) is 5.91 Å². The van der Waals surface area contributed by atoms with Crippen molar-refractivity contribution < 1.29 is 9.32 Å². The van der Waals surface area contributed by atoms with Crippen molar-refractivity contribution >= 4 is 5.91 Å². The molecule has 1 rings (SSSR count). The van der Waals surface area contributed by atoms with Crippen molar-refractivity contribution in [3.05, 3.63) is 17.0 Å². The maximum Gasteiger partial charge on any atom is 0.274 e. The van der Waals surface area contributed by atoms with E-state index in [1.54, 1.807) is 0 Å². The Hall–Kier alpha value is -1.36. The van der Waals surface area contributed by atoms with Crippen LogP contribution in [-0.4, -0.2) is 40.1 Å². The van der Waals surface area contributed by atoms with Gasteiger partial charge in [0.1, 0.15) is 5.76 Å². The van der Waals surface area contributed by atoms with Crippen LogP contribution in [0.1, 0.15) is 96.0 Å². The standard InChI is InChI=1S/C21H39N3O2/c1-9-14-24(15-10-2)21(12-4,13-5)20(7,8)22-19(25)18-16(6)17(11-3)26-23-18/h9-15H2,1-8H3,(H,22,25). The van der Waals surface area contributed by atoms with Crippen LogP contribution in [0.3, 0.4) is 0 Å². The fraction of sp³-hybridized carbons (Fsp3) is 0.810. The van der Waals surface area contributed by atoms with Crippen LogP contribution in [0.15, 0.2) is 4.52 Å². The molecule has 5 nitrogen and oxygen atoms in total. The average molecular weight is 366 g/mol. The predicted molar refractivity (Wildman–Crippen MR) is 108 cm³/mol. The van der Waals surface area contributed by atoms with Crippen molar-refractivity contribution in [3.63, 3.8) is 0 Å². The van der Waals surface area contributed by atoms with Gasteiger partial charge in [0, 0.05) is 17.5 Å². The van der Waals surface area contributed by atoms with E-state index in [0.717, 1.165) is 56.5 Å². The summed E-state index contributed by atoms with van der Waals surface area (Å²) in [4.78, 5) is 15.5. The lowest BCUT2D eigenvalue weighted by Crippen LogP contribution is -2.68. The van der Waals surface area contributed by atoms with Crippen molar-refractivity contribution in [1.29, 1.82) is 0 Å². The molecule has 0 aliphatic heterocycles. The Morgan fingerprint density at radius 2 is 1.62 bits per heavy atom. The Kier molecular flexibility index (Phi) is 8.32. The van der Waals surface area contributed by atoms with Crippen LogP contribution in [0.25, 0.3) is 0 Å². The van der Waals surface area contributed by atoms with Gasteiger partial charge >= 0.3 is 0 Å². The molecule has 0 saturated heterocycles. The van der Waals surface area contributed by atoms with Crippen LogP contribution >= 0.6 is 0 Å². The van der Waals surface area contributed by atoms with Gasteiger partial charge in [0.05, 0.1) is 5.54 Å². The van der Waals surface area contributed by atoms with Gasteiger partial charge in [0.2, 0.25) is 0 Å². The minimum absolute atomic E-state index is 0.0973. The van der Waals surface area contributed by atoms with E-state index in [2.05, 4.69) is 56.9 Å². The number of nitrogens with zero attached hydrogens (tertiary/aromatic N) is 2. The van der Waals surface area contributed by atoms with Crippen molar-refractivity contribution in [1.82, 2.24) is 15.4 Å². The van der Waals surface area contributed by atoms with Crippen molar-refractivity contribution in [2.24, 2.45) is 0 Å². The summed E-state index contributed by atoms with van der Waals surface area (Å²) in [5.41, 5.74) is 0.766. The number of nitrogens with one attached hydrogen (secondary N) is 1. The number of hydrogen-bond acceptors (Lipinski definition) is 4. The molecule has 5 heteroatoms. The van der Waals surface area contributed by atoms with E-state index < -0.39 is 5.54 Å². The summed E-state index contributed by atoms with van der Waals surface area (Å²) in [6.45, 7) is 19.2. The zero-order chi connectivity index (χ0) is 20.0. The van der Waals surface area contributed by atoms with Gasteiger partial charge in [-0.25, -0.2) is 0 Å². The first-order chi connectivity index (χ1) is 12.2. The first-order valence-corrected chi connectivity index (χ1v) is 10.3. The first kappa shape index (κ1) is 22.7. The summed E-state index contributed by atoms with van der Waals surface area (Å²) in [6, 6.07) is 0. The number of rotatable bonds is 11. The molecule has 26 heavy (non-hydrogen) atoms. The largest absolute Gasteiger partial charge is 0.360 e. The van der Waals surface area contributed by atoms with Gasteiger partial charge in [-0.05, 0) is 59.5 Å². The van der Waals surface area contributed by atoms with E-state index in [-0.39, 0.29) is 11.4 Å². The van der Waals surface area contributed by atoms with Gasteiger partial charge < -0.3 is 9.84 Å². The Morgan fingerprint density at radius 3 is 2.00 bits per heavy atom. The van der Waals surface area contributed by atoms with E-state index in [1.807, 2.05) is 13.8 Å². The van der Waals surface area contributed by atoms with Crippen LogP contribution in [0.2, 0.25) is 0 Å². The van der Waals surface area contributed by atoms with Crippen molar-refractivity contribution in [2.45, 2.75) is 98.6 Å². The van der Waals surface area contributed by atoms with Gasteiger partial charge in [-0.2, -0.15) is 0 Å². The molecular formula is C21H39N3O2. The second-order valence-electron chi connectivity index (χ2n) is 7.74. The zero-order valence-electron chi connectivity index (χ0n) is 18.2. The SMILES string of the molecule is CCCN(CCC)C(CC)(CC)C(C)(C)NC(=O)c1noc(CC)c1C. The lowest BCUT2D eigenvalue weighted by atomic mass is 9.73. The van der Waals surface area contributed by atoms with Crippen LogP contribution in [0.5, 0.6) is 0 Å². The zero-order valence-corrected chi connectivity index (χ0v) is 18.2. The molecule has 0 unspecified atom stereocenters. The smallest absolute Gasteiger partial charge is 0.274 e. The number of hydrogen-bond donors (Lipinski definition) is 1. The number of carbonyl (C=O) groups excluding carboxylic acids is 1. The molecule has 0 atom stereocenters. The van der Waals surface area contributed by atoms with Crippen molar-refractivity contribution in [3.8, 4) is 0 Å². The van der Waals surface area contributed by atoms with Gasteiger partial charge in [0.15, 0.2) is 5.69 Å². The first-order valence-electron chi connectivity index (χ1n) is 10.3. The Bertz CT molecular complexity index is 568. The normalized spacial score (nSPS) is 12.7. The van der Waals surface area contributed by atoms with Crippen LogP contribution in [0, 0.1) is 6.92 Å². The van der Waals surface area contributed by atoms with Gasteiger partial charge in [-0.15, -0.1) is 0 Å². The molecule has 0 bridgehead atoms. The second-order valence-corrected chi connectivity index (χ2v) is 7.74. The summed E-state index contributed by atoms with van der Waals surface area (Å²) in [5.74, 6) is 0.638. The molecule has 0 aliphatic carbocycles.